The molecule has 1 aromatic carbocycles. The van der Waals surface area contributed by atoms with Crippen LogP contribution in [0, 0.1) is 46.3 Å². The zero-order valence-electron chi connectivity index (χ0n) is 28.4. The fourth-order valence-corrected chi connectivity index (χ4v) is 11.5. The first kappa shape index (κ1) is 32.5. The highest BCUT2D eigenvalue weighted by Crippen LogP contribution is 2.70. The number of nitrogens with one attached hydrogen (secondary N) is 1. The van der Waals surface area contributed by atoms with Gasteiger partial charge in [-0.2, -0.15) is 19.6 Å². The van der Waals surface area contributed by atoms with Crippen LogP contribution in [0.2, 0.25) is 0 Å². The van der Waals surface area contributed by atoms with E-state index < -0.39 is 11.6 Å². The quantitative estimate of drug-likeness (QED) is 0.247. The summed E-state index contributed by atoms with van der Waals surface area (Å²) in [5.41, 5.74) is 0.862. The zero-order valence-corrected chi connectivity index (χ0v) is 28.4. The Bertz CT molecular complexity index is 1250. The van der Waals surface area contributed by atoms with E-state index in [2.05, 4.69) is 26.1 Å². The average Bonchev–Trinajstić information content (AvgIpc) is 3.41. The number of fused-ring (bicyclic) bond motifs is 5. The molecular weight excluding hydrogens is 582 g/mol. The van der Waals surface area contributed by atoms with Gasteiger partial charge in [0.15, 0.2) is 0 Å². The second-order valence-electron chi connectivity index (χ2n) is 16.4. The number of hydrogen-bond donors (Lipinski definition) is 1. The second kappa shape index (κ2) is 12.5. The average molecular weight is 638 g/mol. The maximum Gasteiger partial charge on any atom is 0.302 e. The minimum atomic E-state index is -0.834. The van der Waals surface area contributed by atoms with E-state index >= 15 is 0 Å². The Morgan fingerprint density at radius 3 is 2.33 bits per heavy atom. The third-order valence-corrected chi connectivity index (χ3v) is 14.0. The first-order valence-electron chi connectivity index (χ1n) is 18.3. The van der Waals surface area contributed by atoms with Gasteiger partial charge in [0, 0.05) is 50.1 Å². The molecule has 7 rings (SSSR count). The van der Waals surface area contributed by atoms with E-state index in [1.165, 1.54) is 19.3 Å². The van der Waals surface area contributed by atoms with Gasteiger partial charge < -0.3 is 10.1 Å². The van der Waals surface area contributed by atoms with Crippen LogP contribution in [0.1, 0.15) is 124 Å². The van der Waals surface area contributed by atoms with Crippen LogP contribution in [0.15, 0.2) is 30.3 Å². The number of carbonyl (C=O) groups is 2. The van der Waals surface area contributed by atoms with E-state index in [9.17, 15) is 9.59 Å². The molecule has 1 saturated heterocycles. The molecule has 0 radical (unpaired) electrons. The number of rotatable bonds is 6. The highest BCUT2D eigenvalue weighted by molar-refractivity contribution is 5.90. The molecule has 46 heavy (non-hydrogen) atoms. The minimum Gasteiger partial charge on any atom is -0.462 e. The SMILES string of the molecule is CC(=O)O[C@H]1C[C@H]2[C@@H](CC[C@@H]3CC4(CC[C@@]32C)OOC2(CCCCC2)OO4)[C@@H]2CC[C@H]([C@H](C)CCC(=O)Nc3ccccc3)[C@@]12C. The summed E-state index contributed by atoms with van der Waals surface area (Å²) >= 11 is 0. The lowest BCUT2D eigenvalue weighted by molar-refractivity contribution is -0.665. The molecule has 0 unspecified atom stereocenters. The smallest absolute Gasteiger partial charge is 0.302 e. The Morgan fingerprint density at radius 1 is 0.891 bits per heavy atom. The molecule has 8 nitrogen and oxygen atoms in total. The summed E-state index contributed by atoms with van der Waals surface area (Å²) < 4.78 is 6.33. The lowest BCUT2D eigenvalue weighted by Crippen LogP contribution is -2.62. The van der Waals surface area contributed by atoms with Gasteiger partial charge in [0.2, 0.25) is 17.5 Å². The summed E-state index contributed by atoms with van der Waals surface area (Å²) in [7, 11) is 0. The van der Waals surface area contributed by atoms with Crippen molar-refractivity contribution in [3.8, 4) is 0 Å². The van der Waals surface area contributed by atoms with Crippen LogP contribution in [-0.2, 0) is 33.9 Å². The Kier molecular flexibility index (Phi) is 8.82. The molecular formula is C38H55NO7. The standard InChI is InChI=1S/C38H55NO7/c1-25(13-18-34(41)39-28-11-7-5-8-12-28)30-16-17-31-29-15-14-27-24-38(45-43-37(44-46-38)19-9-6-10-20-37)22-21-35(27,3)32(29)23-33(36(30,31)4)42-26(2)40/h5,7-8,11-12,25,27,29-33H,6,9-10,13-24H2,1-4H3,(H,39,41)/t25-,27-,29+,30-,31+,32+,33+,35+,36-/m1/s1. The maximum absolute atomic E-state index is 12.8. The summed E-state index contributed by atoms with van der Waals surface area (Å²) in [6.07, 6.45) is 14.2. The first-order valence-corrected chi connectivity index (χ1v) is 18.3. The fraction of sp³-hybridized carbons (Fsp3) is 0.789. The number of anilines is 1. The number of para-hydroxylation sites is 1. The Morgan fingerprint density at radius 2 is 1.61 bits per heavy atom. The van der Waals surface area contributed by atoms with Crippen molar-refractivity contribution in [1.82, 2.24) is 0 Å². The maximum atomic E-state index is 12.8. The molecule has 5 aliphatic carbocycles. The second-order valence-corrected chi connectivity index (χ2v) is 16.4. The number of benzene rings is 1. The van der Waals surface area contributed by atoms with Crippen LogP contribution in [0.4, 0.5) is 5.69 Å². The zero-order chi connectivity index (χ0) is 32.2. The van der Waals surface area contributed by atoms with Crippen molar-refractivity contribution in [3.63, 3.8) is 0 Å². The van der Waals surface area contributed by atoms with Gasteiger partial charge in [-0.1, -0.05) is 45.4 Å². The predicted octanol–water partition coefficient (Wildman–Crippen LogP) is 8.51. The van der Waals surface area contributed by atoms with Gasteiger partial charge in [0.1, 0.15) is 6.10 Å². The molecule has 1 aromatic rings. The highest BCUT2D eigenvalue weighted by Gasteiger charge is 2.66. The Labute approximate surface area is 274 Å². The predicted molar refractivity (Wildman–Crippen MR) is 173 cm³/mol. The van der Waals surface area contributed by atoms with Gasteiger partial charge >= 0.3 is 5.97 Å². The van der Waals surface area contributed by atoms with Crippen molar-refractivity contribution in [2.75, 3.05) is 5.32 Å². The largest absolute Gasteiger partial charge is 0.462 e. The first-order chi connectivity index (χ1) is 22.1. The topological polar surface area (TPSA) is 92.3 Å². The summed E-state index contributed by atoms with van der Waals surface area (Å²) in [6, 6.07) is 9.69. The Balaban J connectivity index is 1.04. The molecule has 5 saturated carbocycles. The lowest BCUT2D eigenvalue weighted by Gasteiger charge is -2.63. The molecule has 6 fully saturated rings. The van der Waals surface area contributed by atoms with E-state index in [4.69, 9.17) is 24.3 Å². The van der Waals surface area contributed by atoms with Crippen LogP contribution < -0.4 is 5.32 Å². The monoisotopic (exact) mass is 637 g/mol. The minimum absolute atomic E-state index is 0.0648. The van der Waals surface area contributed by atoms with Crippen molar-refractivity contribution in [2.45, 2.75) is 142 Å². The molecule has 254 valence electrons. The van der Waals surface area contributed by atoms with Gasteiger partial charge in [0.05, 0.1) is 0 Å². The number of carbonyl (C=O) groups excluding carboxylic acids is 2. The van der Waals surface area contributed by atoms with Crippen molar-refractivity contribution in [2.24, 2.45) is 46.3 Å². The molecule has 1 N–H and O–H groups in total. The van der Waals surface area contributed by atoms with Gasteiger partial charge in [-0.3, -0.25) is 9.59 Å². The van der Waals surface area contributed by atoms with Crippen LogP contribution in [-0.4, -0.2) is 29.6 Å². The van der Waals surface area contributed by atoms with E-state index in [0.29, 0.717) is 41.9 Å². The number of ether oxygens (including phenoxy) is 1. The van der Waals surface area contributed by atoms with Crippen molar-refractivity contribution < 1.29 is 33.9 Å². The molecule has 6 aliphatic rings. The number of hydrogen-bond acceptors (Lipinski definition) is 7. The van der Waals surface area contributed by atoms with Crippen molar-refractivity contribution >= 4 is 17.6 Å². The fourth-order valence-electron chi connectivity index (χ4n) is 11.5. The molecule has 2 spiro atoms. The van der Waals surface area contributed by atoms with E-state index in [1.807, 2.05) is 30.3 Å². The van der Waals surface area contributed by atoms with Crippen molar-refractivity contribution in [1.29, 1.82) is 0 Å². The third-order valence-electron chi connectivity index (χ3n) is 14.0. The van der Waals surface area contributed by atoms with E-state index in [-0.39, 0.29) is 28.8 Å². The molecule has 1 amide bonds. The van der Waals surface area contributed by atoms with E-state index in [0.717, 1.165) is 76.3 Å². The lowest BCUT2D eigenvalue weighted by atomic mass is 9.43. The van der Waals surface area contributed by atoms with Crippen LogP contribution in [0.25, 0.3) is 0 Å². The van der Waals surface area contributed by atoms with Crippen molar-refractivity contribution in [3.05, 3.63) is 30.3 Å². The van der Waals surface area contributed by atoms with E-state index in [1.54, 1.807) is 6.92 Å². The molecule has 8 heteroatoms. The summed E-state index contributed by atoms with van der Waals surface area (Å²) in [5.74, 6) is 1.11. The van der Waals surface area contributed by atoms with Gasteiger partial charge in [-0.25, -0.2) is 0 Å². The number of esters is 1. The van der Waals surface area contributed by atoms with Gasteiger partial charge in [0.25, 0.3) is 0 Å². The molecule has 1 aliphatic heterocycles. The van der Waals surface area contributed by atoms with Crippen LogP contribution >= 0.6 is 0 Å². The molecule has 0 aromatic heterocycles. The normalized spacial score (nSPS) is 39.9. The molecule has 1 heterocycles. The molecule has 9 atom stereocenters. The van der Waals surface area contributed by atoms with Gasteiger partial charge in [-0.05, 0) is 111 Å². The summed E-state index contributed by atoms with van der Waals surface area (Å²) in [6.45, 7) is 8.79. The third kappa shape index (κ3) is 5.73. The summed E-state index contributed by atoms with van der Waals surface area (Å²) in [4.78, 5) is 49.8. The molecule has 0 bridgehead atoms. The van der Waals surface area contributed by atoms with Gasteiger partial charge in [-0.15, -0.1) is 0 Å². The van der Waals surface area contributed by atoms with Crippen LogP contribution in [0.3, 0.4) is 0 Å². The number of amides is 1. The summed E-state index contributed by atoms with van der Waals surface area (Å²) in [5, 5.41) is 3.05. The van der Waals surface area contributed by atoms with Crippen LogP contribution in [0.5, 0.6) is 0 Å². The highest BCUT2D eigenvalue weighted by atomic mass is 17.4. The Hall–Kier alpha value is -2.00.